The van der Waals surface area contributed by atoms with Gasteiger partial charge < -0.3 is 9.97 Å². The Morgan fingerprint density at radius 1 is 1.10 bits per heavy atom. The summed E-state index contributed by atoms with van der Waals surface area (Å²) >= 11 is 6.11. The van der Waals surface area contributed by atoms with Crippen LogP contribution in [0.4, 0.5) is 0 Å². The van der Waals surface area contributed by atoms with E-state index in [1.165, 1.54) is 10.9 Å². The number of H-pyrrole nitrogens is 2. The molecule has 2 N–H and O–H groups in total. The van der Waals surface area contributed by atoms with Gasteiger partial charge in [0.1, 0.15) is 5.82 Å². The minimum atomic E-state index is -0.00440. The number of nitrogens with one attached hydrogen (secondary N) is 2. The molecular weight excluding hydrogens is 408 g/mol. The fourth-order valence-corrected chi connectivity index (χ4v) is 4.49. The van der Waals surface area contributed by atoms with Gasteiger partial charge in [-0.1, -0.05) is 55.8 Å². The molecule has 1 aliphatic heterocycles. The molecule has 0 spiro atoms. The molecule has 1 aliphatic rings. The van der Waals surface area contributed by atoms with Crippen LogP contribution < -0.4 is 5.56 Å². The predicted octanol–water partition coefficient (Wildman–Crippen LogP) is 5.25. The molecular formula is C25H25ClN4O. The van der Waals surface area contributed by atoms with Crippen molar-refractivity contribution >= 4 is 22.5 Å². The highest BCUT2D eigenvalue weighted by Crippen LogP contribution is 2.33. The molecule has 2 aromatic carbocycles. The van der Waals surface area contributed by atoms with Crippen molar-refractivity contribution in [2.45, 2.75) is 39.3 Å². The zero-order valence-electron chi connectivity index (χ0n) is 17.7. The fraction of sp³-hybridized carbons (Fsp3) is 0.280. The Kier molecular flexibility index (Phi) is 5.16. The first-order chi connectivity index (χ1) is 15.0. The maximum absolute atomic E-state index is 12.7. The number of hydrogen-bond donors (Lipinski definition) is 2. The number of rotatable bonds is 4. The van der Waals surface area contributed by atoms with E-state index in [1.807, 2.05) is 30.3 Å². The van der Waals surface area contributed by atoms with Gasteiger partial charge in [-0.3, -0.25) is 9.69 Å². The molecule has 0 atom stereocenters. The van der Waals surface area contributed by atoms with Gasteiger partial charge in [-0.2, -0.15) is 0 Å². The van der Waals surface area contributed by atoms with Crippen LogP contribution >= 0.6 is 11.6 Å². The van der Waals surface area contributed by atoms with E-state index in [1.54, 1.807) is 0 Å². The number of halogens is 1. The molecule has 0 radical (unpaired) electrons. The number of para-hydroxylation sites is 1. The van der Waals surface area contributed by atoms with E-state index in [-0.39, 0.29) is 11.5 Å². The van der Waals surface area contributed by atoms with Crippen LogP contribution in [0.3, 0.4) is 0 Å². The second-order valence-corrected chi connectivity index (χ2v) is 8.96. The molecule has 0 fully saturated rings. The van der Waals surface area contributed by atoms with Crippen molar-refractivity contribution in [3.63, 3.8) is 0 Å². The van der Waals surface area contributed by atoms with Gasteiger partial charge in [-0.05, 0) is 29.3 Å². The first-order valence-corrected chi connectivity index (χ1v) is 11.1. The molecule has 0 bridgehead atoms. The number of hydrogen-bond acceptors (Lipinski definition) is 3. The topological polar surface area (TPSA) is 64.8 Å². The highest BCUT2D eigenvalue weighted by Gasteiger charge is 2.24. The van der Waals surface area contributed by atoms with Gasteiger partial charge in [0.2, 0.25) is 0 Å². The summed E-state index contributed by atoms with van der Waals surface area (Å²) in [7, 11) is 0. The fourth-order valence-electron chi connectivity index (χ4n) is 4.36. The molecule has 5 rings (SSSR count). The largest absolute Gasteiger partial charge is 0.354 e. The first kappa shape index (κ1) is 20.0. The van der Waals surface area contributed by atoms with Crippen molar-refractivity contribution in [2.75, 3.05) is 6.54 Å². The Morgan fingerprint density at radius 3 is 2.65 bits per heavy atom. The van der Waals surface area contributed by atoms with Gasteiger partial charge in [0, 0.05) is 47.9 Å². The zero-order chi connectivity index (χ0) is 21.5. The van der Waals surface area contributed by atoms with Crippen molar-refractivity contribution in [1.82, 2.24) is 19.9 Å². The summed E-state index contributed by atoms with van der Waals surface area (Å²) in [6, 6.07) is 16.3. The number of nitrogens with zero attached hydrogens (tertiary/aromatic N) is 2. The highest BCUT2D eigenvalue weighted by atomic mass is 35.5. The summed E-state index contributed by atoms with van der Waals surface area (Å²) < 4.78 is 0. The standard InChI is InChI=1S/C25H25ClN4O/c1-15(2)24-28-22-11-12-30(14-20(22)25(31)29-24)13-19-18-5-3-4-6-21(18)27-23(19)16-7-9-17(26)10-8-16/h3-10,15,27H,11-14H2,1-2H3,(H,28,29,31). The Hall–Kier alpha value is -2.89. The van der Waals surface area contributed by atoms with Crippen molar-refractivity contribution < 1.29 is 0 Å². The third-order valence-corrected chi connectivity index (χ3v) is 6.29. The smallest absolute Gasteiger partial charge is 0.255 e. The molecule has 3 heterocycles. The average molecular weight is 433 g/mol. The maximum atomic E-state index is 12.7. The monoisotopic (exact) mass is 432 g/mol. The van der Waals surface area contributed by atoms with Crippen LogP contribution in [0.5, 0.6) is 0 Å². The van der Waals surface area contributed by atoms with Crippen molar-refractivity contribution in [2.24, 2.45) is 0 Å². The maximum Gasteiger partial charge on any atom is 0.255 e. The highest BCUT2D eigenvalue weighted by molar-refractivity contribution is 6.30. The molecule has 4 aromatic rings. The second kappa shape index (κ2) is 7.98. The summed E-state index contributed by atoms with van der Waals surface area (Å²) in [5, 5.41) is 1.93. The van der Waals surface area contributed by atoms with Crippen molar-refractivity contribution in [3.8, 4) is 11.3 Å². The van der Waals surface area contributed by atoms with E-state index in [9.17, 15) is 4.79 Å². The van der Waals surface area contributed by atoms with E-state index in [0.29, 0.717) is 6.54 Å². The molecule has 0 unspecified atom stereocenters. The van der Waals surface area contributed by atoms with Crippen LogP contribution in [0.25, 0.3) is 22.2 Å². The molecule has 158 valence electrons. The Balaban J connectivity index is 1.51. The summed E-state index contributed by atoms with van der Waals surface area (Å²) in [5.74, 6) is 0.989. The van der Waals surface area contributed by atoms with Crippen LogP contribution in [-0.4, -0.2) is 26.4 Å². The van der Waals surface area contributed by atoms with E-state index < -0.39 is 0 Å². The van der Waals surface area contributed by atoms with E-state index in [4.69, 9.17) is 16.6 Å². The van der Waals surface area contributed by atoms with Gasteiger partial charge in [0.15, 0.2) is 0 Å². The third kappa shape index (κ3) is 3.80. The lowest BCUT2D eigenvalue weighted by molar-refractivity contribution is 0.242. The van der Waals surface area contributed by atoms with Gasteiger partial charge in [0.25, 0.3) is 5.56 Å². The lowest BCUT2D eigenvalue weighted by Gasteiger charge is -2.28. The first-order valence-electron chi connectivity index (χ1n) is 10.7. The Bertz CT molecular complexity index is 1300. The molecule has 5 nitrogen and oxygen atoms in total. The molecule has 0 saturated carbocycles. The minimum absolute atomic E-state index is 0.00440. The quantitative estimate of drug-likeness (QED) is 0.462. The predicted molar refractivity (Wildman–Crippen MR) is 126 cm³/mol. The van der Waals surface area contributed by atoms with Crippen LogP contribution in [0.15, 0.2) is 53.3 Å². The van der Waals surface area contributed by atoms with Gasteiger partial charge >= 0.3 is 0 Å². The van der Waals surface area contributed by atoms with E-state index in [2.05, 4.69) is 46.9 Å². The van der Waals surface area contributed by atoms with Gasteiger partial charge in [-0.25, -0.2) is 4.98 Å². The SMILES string of the molecule is CC(C)c1nc2c(c(=O)[nH]1)CN(Cc1c(-c3ccc(Cl)cc3)[nH]c3ccccc13)CC2. The third-order valence-electron chi connectivity index (χ3n) is 6.04. The van der Waals surface area contributed by atoms with Gasteiger partial charge in [0.05, 0.1) is 17.0 Å². The van der Waals surface area contributed by atoms with Crippen molar-refractivity contribution in [1.29, 1.82) is 0 Å². The summed E-state index contributed by atoms with van der Waals surface area (Å²) in [4.78, 5) is 26.4. The number of benzene rings is 2. The normalized spacial score (nSPS) is 14.3. The summed E-state index contributed by atoms with van der Waals surface area (Å²) in [6.07, 6.45) is 0.789. The molecule has 0 aliphatic carbocycles. The van der Waals surface area contributed by atoms with E-state index in [0.717, 1.165) is 58.4 Å². The zero-order valence-corrected chi connectivity index (χ0v) is 18.5. The Labute approximate surface area is 186 Å². The van der Waals surface area contributed by atoms with Crippen LogP contribution in [-0.2, 0) is 19.5 Å². The Morgan fingerprint density at radius 2 is 1.87 bits per heavy atom. The summed E-state index contributed by atoms with van der Waals surface area (Å²) in [5.41, 5.74) is 6.30. The number of aromatic nitrogens is 3. The molecule has 0 saturated heterocycles. The number of aromatic amines is 2. The van der Waals surface area contributed by atoms with Crippen LogP contribution in [0.2, 0.25) is 5.02 Å². The molecule has 31 heavy (non-hydrogen) atoms. The molecule has 0 amide bonds. The molecule has 6 heteroatoms. The van der Waals surface area contributed by atoms with Crippen LogP contribution in [0, 0.1) is 0 Å². The lowest BCUT2D eigenvalue weighted by Crippen LogP contribution is -2.36. The average Bonchev–Trinajstić information content (AvgIpc) is 3.13. The molecule has 2 aromatic heterocycles. The minimum Gasteiger partial charge on any atom is -0.354 e. The second-order valence-electron chi connectivity index (χ2n) is 8.52. The summed E-state index contributed by atoms with van der Waals surface area (Å²) in [6.45, 7) is 6.34. The van der Waals surface area contributed by atoms with E-state index >= 15 is 0 Å². The van der Waals surface area contributed by atoms with Crippen molar-refractivity contribution in [3.05, 3.63) is 86.6 Å². The van der Waals surface area contributed by atoms with Crippen LogP contribution in [0.1, 0.15) is 42.4 Å². The number of fused-ring (bicyclic) bond motifs is 2. The van der Waals surface area contributed by atoms with Gasteiger partial charge in [-0.15, -0.1) is 0 Å². The lowest BCUT2D eigenvalue weighted by atomic mass is 10.0.